The SMILES string of the molecule is Cc1cc(C2=CC(c3cccc(C(F)(F)F)c3)(C(F)(F)F)ON2)ccc1C(=O)O. The third kappa shape index (κ3) is 3.67. The Bertz CT molecular complexity index is 996. The van der Waals surface area contributed by atoms with Crippen LogP contribution in [0.3, 0.4) is 0 Å². The number of benzene rings is 2. The third-order valence-electron chi connectivity index (χ3n) is 4.48. The number of hydrogen-bond donors (Lipinski definition) is 2. The molecule has 154 valence electrons. The maximum absolute atomic E-state index is 13.9. The second kappa shape index (κ2) is 6.80. The van der Waals surface area contributed by atoms with Crippen molar-refractivity contribution in [3.8, 4) is 0 Å². The molecule has 0 radical (unpaired) electrons. The van der Waals surface area contributed by atoms with E-state index in [9.17, 15) is 31.1 Å². The normalized spacial score (nSPS) is 19.6. The Kier molecular flexibility index (Phi) is 4.86. The highest BCUT2D eigenvalue weighted by Gasteiger charge is 2.59. The van der Waals surface area contributed by atoms with Crippen LogP contribution in [-0.2, 0) is 16.6 Å². The first kappa shape index (κ1) is 20.7. The fourth-order valence-corrected chi connectivity index (χ4v) is 2.98. The van der Waals surface area contributed by atoms with E-state index < -0.39 is 35.0 Å². The number of aryl methyl sites for hydroxylation is 1. The summed E-state index contributed by atoms with van der Waals surface area (Å²) in [6, 6.07) is 6.63. The minimum Gasteiger partial charge on any atom is -0.478 e. The van der Waals surface area contributed by atoms with Crippen molar-refractivity contribution in [1.29, 1.82) is 0 Å². The van der Waals surface area contributed by atoms with Crippen molar-refractivity contribution in [3.63, 3.8) is 0 Å². The summed E-state index contributed by atoms with van der Waals surface area (Å²) in [6.07, 6.45) is -9.27. The molecule has 0 bridgehead atoms. The van der Waals surface area contributed by atoms with Crippen LogP contribution in [0.4, 0.5) is 26.3 Å². The Morgan fingerprint density at radius 1 is 1.07 bits per heavy atom. The number of rotatable bonds is 3. The molecule has 0 aromatic heterocycles. The first-order valence-corrected chi connectivity index (χ1v) is 8.11. The highest BCUT2D eigenvalue weighted by Crippen LogP contribution is 2.48. The molecule has 29 heavy (non-hydrogen) atoms. The summed E-state index contributed by atoms with van der Waals surface area (Å²) in [5.41, 5.74) is -2.74. The minimum absolute atomic E-state index is 0.0340. The lowest BCUT2D eigenvalue weighted by Gasteiger charge is -2.29. The average molecular weight is 417 g/mol. The molecule has 0 saturated carbocycles. The van der Waals surface area contributed by atoms with Crippen molar-refractivity contribution in [2.24, 2.45) is 0 Å². The highest BCUT2D eigenvalue weighted by atomic mass is 19.4. The first-order chi connectivity index (χ1) is 13.3. The van der Waals surface area contributed by atoms with Gasteiger partial charge >= 0.3 is 18.3 Å². The van der Waals surface area contributed by atoms with E-state index >= 15 is 0 Å². The molecule has 1 aliphatic rings. The number of halogens is 6. The molecule has 10 heteroatoms. The van der Waals surface area contributed by atoms with E-state index in [4.69, 9.17) is 9.94 Å². The van der Waals surface area contributed by atoms with Crippen LogP contribution in [0.15, 0.2) is 48.5 Å². The maximum Gasteiger partial charge on any atom is 0.428 e. The number of hydrogen-bond acceptors (Lipinski definition) is 3. The molecule has 3 rings (SSSR count). The number of aromatic carboxylic acids is 1. The summed E-state index contributed by atoms with van der Waals surface area (Å²) in [7, 11) is 0. The molecule has 0 fully saturated rings. The smallest absolute Gasteiger partial charge is 0.428 e. The topological polar surface area (TPSA) is 58.6 Å². The lowest BCUT2D eigenvalue weighted by molar-refractivity contribution is -0.269. The summed E-state index contributed by atoms with van der Waals surface area (Å²) < 4.78 is 80.6. The molecule has 0 spiro atoms. The van der Waals surface area contributed by atoms with E-state index in [1.807, 2.05) is 0 Å². The molecule has 2 N–H and O–H groups in total. The van der Waals surface area contributed by atoms with Gasteiger partial charge in [0, 0.05) is 5.56 Å². The summed E-state index contributed by atoms with van der Waals surface area (Å²) in [5, 5.41) is 9.06. The molecule has 1 aliphatic heterocycles. The van der Waals surface area contributed by atoms with E-state index in [2.05, 4.69) is 5.48 Å². The standard InChI is InChI=1S/C19H13F6NO3/c1-10-7-11(5-6-14(10)16(27)28)15-9-17(29-26-15,19(23,24)25)12-3-2-4-13(8-12)18(20,21)22/h2-9,26H,1H3,(H,27,28). The fourth-order valence-electron chi connectivity index (χ4n) is 2.98. The van der Waals surface area contributed by atoms with Crippen LogP contribution in [0.2, 0.25) is 0 Å². The van der Waals surface area contributed by atoms with Gasteiger partial charge in [0.2, 0.25) is 5.60 Å². The van der Waals surface area contributed by atoms with Crippen molar-refractivity contribution in [1.82, 2.24) is 5.48 Å². The highest BCUT2D eigenvalue weighted by molar-refractivity contribution is 5.90. The van der Waals surface area contributed by atoms with Crippen LogP contribution in [-0.4, -0.2) is 17.3 Å². The third-order valence-corrected chi connectivity index (χ3v) is 4.48. The lowest BCUT2D eigenvalue weighted by Crippen LogP contribution is -2.42. The zero-order valence-corrected chi connectivity index (χ0v) is 14.7. The molecule has 1 unspecified atom stereocenters. The largest absolute Gasteiger partial charge is 0.478 e. The second-order valence-electron chi connectivity index (χ2n) is 6.41. The summed E-state index contributed by atoms with van der Waals surface area (Å²) in [4.78, 5) is 15.9. The van der Waals surface area contributed by atoms with Gasteiger partial charge in [-0.3, -0.25) is 10.3 Å². The van der Waals surface area contributed by atoms with Crippen LogP contribution >= 0.6 is 0 Å². The average Bonchev–Trinajstić information content (AvgIpc) is 3.07. The van der Waals surface area contributed by atoms with Crippen molar-refractivity contribution < 1.29 is 41.1 Å². The van der Waals surface area contributed by atoms with Crippen molar-refractivity contribution >= 4 is 11.7 Å². The Balaban J connectivity index is 2.12. The van der Waals surface area contributed by atoms with Gasteiger partial charge in [0.25, 0.3) is 0 Å². The Morgan fingerprint density at radius 3 is 2.31 bits per heavy atom. The minimum atomic E-state index is -5.08. The zero-order chi connectivity index (χ0) is 21.6. The van der Waals surface area contributed by atoms with Gasteiger partial charge in [-0.25, -0.2) is 4.79 Å². The van der Waals surface area contributed by atoms with E-state index in [1.165, 1.54) is 25.1 Å². The van der Waals surface area contributed by atoms with Crippen LogP contribution in [0.1, 0.15) is 32.6 Å². The second-order valence-corrected chi connectivity index (χ2v) is 6.41. The predicted octanol–water partition coefficient (Wildman–Crippen LogP) is 5.05. The molecule has 1 heterocycles. The first-order valence-electron chi connectivity index (χ1n) is 8.11. The van der Waals surface area contributed by atoms with Crippen molar-refractivity contribution in [2.75, 3.05) is 0 Å². The Hall–Kier alpha value is -3.01. The number of hydroxylamine groups is 1. The number of nitrogens with one attached hydrogen (secondary N) is 1. The molecular formula is C19H13F6NO3. The molecule has 0 amide bonds. The Labute approximate surface area is 160 Å². The zero-order valence-electron chi connectivity index (χ0n) is 14.7. The van der Waals surface area contributed by atoms with E-state index in [0.29, 0.717) is 23.8 Å². The number of alkyl halides is 6. The molecule has 1 atom stereocenters. The molecule has 0 saturated heterocycles. The van der Waals surface area contributed by atoms with Gasteiger partial charge in [-0.15, -0.1) is 0 Å². The van der Waals surface area contributed by atoms with Crippen LogP contribution < -0.4 is 5.48 Å². The molecule has 0 aliphatic carbocycles. The van der Waals surface area contributed by atoms with Gasteiger partial charge in [0.15, 0.2) is 0 Å². The summed E-state index contributed by atoms with van der Waals surface area (Å²) >= 11 is 0. The maximum atomic E-state index is 13.9. The van der Waals surface area contributed by atoms with Gasteiger partial charge in [-0.2, -0.15) is 26.3 Å². The van der Waals surface area contributed by atoms with E-state index in [1.54, 1.807) is 0 Å². The monoisotopic (exact) mass is 417 g/mol. The van der Waals surface area contributed by atoms with Gasteiger partial charge < -0.3 is 5.11 Å². The quantitative estimate of drug-likeness (QED) is 0.687. The summed E-state index contributed by atoms with van der Waals surface area (Å²) in [5.74, 6) is -1.20. The van der Waals surface area contributed by atoms with Crippen molar-refractivity contribution in [2.45, 2.75) is 24.9 Å². The predicted molar refractivity (Wildman–Crippen MR) is 89.5 cm³/mol. The lowest BCUT2D eigenvalue weighted by atomic mass is 9.90. The van der Waals surface area contributed by atoms with Crippen molar-refractivity contribution in [3.05, 3.63) is 76.4 Å². The van der Waals surface area contributed by atoms with E-state index in [0.717, 1.165) is 12.1 Å². The van der Waals surface area contributed by atoms with Gasteiger partial charge in [-0.05, 0) is 48.4 Å². The molecule has 2 aromatic carbocycles. The Morgan fingerprint density at radius 2 is 1.76 bits per heavy atom. The van der Waals surface area contributed by atoms with Crippen LogP contribution in [0.5, 0.6) is 0 Å². The summed E-state index contributed by atoms with van der Waals surface area (Å²) in [6.45, 7) is 1.47. The fraction of sp³-hybridized carbons (Fsp3) is 0.211. The number of carbonyl (C=O) groups is 1. The van der Waals surface area contributed by atoms with Crippen LogP contribution in [0, 0.1) is 6.92 Å². The van der Waals surface area contributed by atoms with Crippen LogP contribution in [0.25, 0.3) is 5.70 Å². The van der Waals surface area contributed by atoms with Gasteiger partial charge in [0.1, 0.15) is 0 Å². The van der Waals surface area contributed by atoms with Gasteiger partial charge in [-0.1, -0.05) is 18.2 Å². The van der Waals surface area contributed by atoms with Gasteiger partial charge in [0.05, 0.1) is 16.8 Å². The molecule has 2 aromatic rings. The van der Waals surface area contributed by atoms with E-state index in [-0.39, 0.29) is 16.8 Å². The molecular weight excluding hydrogens is 404 g/mol. The number of carboxylic acid groups (broad SMARTS) is 1. The molecule has 4 nitrogen and oxygen atoms in total. The number of carboxylic acids is 1.